The van der Waals surface area contributed by atoms with Gasteiger partial charge in [-0.1, -0.05) is 0 Å². The minimum Gasteiger partial charge on any atom is -0.476 e. The van der Waals surface area contributed by atoms with E-state index < -0.39 is 5.97 Å². The summed E-state index contributed by atoms with van der Waals surface area (Å²) in [7, 11) is 0. The van der Waals surface area contributed by atoms with E-state index in [-0.39, 0.29) is 16.8 Å². The molecule has 1 fully saturated rings. The summed E-state index contributed by atoms with van der Waals surface area (Å²) in [4.78, 5) is 27.9. The first-order chi connectivity index (χ1) is 8.56. The van der Waals surface area contributed by atoms with Crippen molar-refractivity contribution >= 4 is 23.2 Å². The van der Waals surface area contributed by atoms with Gasteiger partial charge in [-0.15, -0.1) is 11.3 Å². The number of nitrogens with two attached hydrogens (primary N) is 1. The van der Waals surface area contributed by atoms with Crippen molar-refractivity contribution in [3.8, 4) is 0 Å². The van der Waals surface area contributed by atoms with Crippen LogP contribution in [0.3, 0.4) is 0 Å². The second-order valence-corrected chi connectivity index (χ2v) is 5.26. The van der Waals surface area contributed by atoms with Gasteiger partial charge in [-0.2, -0.15) is 0 Å². The average molecular weight is 269 g/mol. The van der Waals surface area contributed by atoms with Crippen LogP contribution in [0.25, 0.3) is 0 Å². The highest BCUT2D eigenvalue weighted by Gasteiger charge is 2.23. The number of aromatic carboxylic acids is 1. The molecule has 0 radical (unpaired) electrons. The molecule has 0 bridgehead atoms. The fraction of sp³-hybridized carbons (Fsp3) is 0.545. The van der Waals surface area contributed by atoms with Crippen LogP contribution in [0.4, 0.5) is 0 Å². The molecule has 1 aliphatic rings. The highest BCUT2D eigenvalue weighted by Crippen LogP contribution is 2.19. The van der Waals surface area contributed by atoms with Crippen LogP contribution < -0.4 is 5.73 Å². The number of thiazole rings is 1. The first kappa shape index (κ1) is 13.0. The molecule has 0 aliphatic carbocycles. The Kier molecular flexibility index (Phi) is 3.93. The number of hydrogen-bond donors (Lipinski definition) is 2. The maximum atomic E-state index is 11.0. The number of rotatable bonds is 4. The summed E-state index contributed by atoms with van der Waals surface area (Å²) in [5.74, 6) is -1.23. The van der Waals surface area contributed by atoms with Gasteiger partial charge in [-0.25, -0.2) is 9.78 Å². The first-order valence-corrected chi connectivity index (χ1v) is 6.63. The number of aromatic nitrogens is 1. The second kappa shape index (κ2) is 5.45. The Morgan fingerprint density at radius 3 is 2.67 bits per heavy atom. The van der Waals surface area contributed by atoms with Gasteiger partial charge in [0.25, 0.3) is 0 Å². The second-order valence-electron chi connectivity index (χ2n) is 4.40. The Balaban J connectivity index is 1.87. The number of piperidine rings is 1. The Hall–Kier alpha value is -1.47. The number of carboxylic acid groups (broad SMARTS) is 1. The zero-order valence-corrected chi connectivity index (χ0v) is 10.7. The zero-order valence-electron chi connectivity index (χ0n) is 9.83. The lowest BCUT2D eigenvalue weighted by molar-refractivity contribution is -0.123. The van der Waals surface area contributed by atoms with E-state index in [4.69, 9.17) is 10.8 Å². The van der Waals surface area contributed by atoms with Gasteiger partial charge in [0, 0.05) is 17.8 Å². The van der Waals surface area contributed by atoms with Crippen molar-refractivity contribution in [2.75, 3.05) is 13.1 Å². The van der Waals surface area contributed by atoms with Crippen LogP contribution in [0.5, 0.6) is 0 Å². The van der Waals surface area contributed by atoms with Gasteiger partial charge >= 0.3 is 5.97 Å². The van der Waals surface area contributed by atoms with Crippen molar-refractivity contribution in [2.24, 2.45) is 11.7 Å². The molecule has 1 amide bonds. The molecule has 6 nitrogen and oxygen atoms in total. The fourth-order valence-corrected chi connectivity index (χ4v) is 2.73. The molecule has 1 aromatic rings. The van der Waals surface area contributed by atoms with Crippen molar-refractivity contribution in [3.63, 3.8) is 0 Å². The Labute approximate surface area is 108 Å². The van der Waals surface area contributed by atoms with E-state index in [1.54, 1.807) is 5.38 Å². The van der Waals surface area contributed by atoms with Crippen molar-refractivity contribution < 1.29 is 14.7 Å². The smallest absolute Gasteiger partial charge is 0.365 e. The molecule has 18 heavy (non-hydrogen) atoms. The maximum Gasteiger partial charge on any atom is 0.365 e. The molecule has 98 valence electrons. The number of carboxylic acids is 1. The molecule has 1 aliphatic heterocycles. The molecule has 0 atom stereocenters. The molecule has 0 unspecified atom stereocenters. The molecule has 1 saturated heterocycles. The normalized spacial score (nSPS) is 17.8. The number of primary amides is 1. The zero-order chi connectivity index (χ0) is 13.1. The van der Waals surface area contributed by atoms with E-state index in [0.29, 0.717) is 6.54 Å². The minimum atomic E-state index is -0.987. The number of carbonyl (C=O) groups is 2. The quantitative estimate of drug-likeness (QED) is 0.831. The van der Waals surface area contributed by atoms with Gasteiger partial charge in [-0.05, 0) is 25.9 Å². The lowest BCUT2D eigenvalue weighted by Gasteiger charge is -2.29. The Bertz CT molecular complexity index is 452. The Morgan fingerprint density at radius 1 is 1.50 bits per heavy atom. The Morgan fingerprint density at radius 2 is 2.17 bits per heavy atom. The average Bonchev–Trinajstić information content (AvgIpc) is 2.78. The standard InChI is InChI=1S/C11H15N3O3S/c12-9(15)7-1-3-14(4-2-7)5-8-6-18-10(13-8)11(16)17/h6-7H,1-5H2,(H2,12,15)(H,16,17). The maximum absolute atomic E-state index is 11.0. The first-order valence-electron chi connectivity index (χ1n) is 5.75. The van der Waals surface area contributed by atoms with Crippen LogP contribution in [0, 0.1) is 5.92 Å². The molecule has 3 N–H and O–H groups in total. The van der Waals surface area contributed by atoms with Crippen molar-refractivity contribution in [3.05, 3.63) is 16.1 Å². The van der Waals surface area contributed by atoms with Gasteiger partial charge in [0.1, 0.15) is 0 Å². The SMILES string of the molecule is NC(=O)C1CCN(Cc2csc(C(=O)O)n2)CC1. The summed E-state index contributed by atoms with van der Waals surface area (Å²) >= 11 is 1.14. The van der Waals surface area contributed by atoms with Gasteiger partial charge in [-0.3, -0.25) is 9.69 Å². The van der Waals surface area contributed by atoms with E-state index in [0.717, 1.165) is 43.0 Å². The summed E-state index contributed by atoms with van der Waals surface area (Å²) in [6.45, 7) is 2.23. The highest BCUT2D eigenvalue weighted by molar-refractivity contribution is 7.11. The third kappa shape index (κ3) is 3.05. The van der Waals surface area contributed by atoms with Crippen LogP contribution in [-0.4, -0.2) is 40.0 Å². The van der Waals surface area contributed by atoms with Gasteiger partial charge in [0.05, 0.1) is 5.69 Å². The summed E-state index contributed by atoms with van der Waals surface area (Å²) in [6.07, 6.45) is 1.54. The van der Waals surface area contributed by atoms with Crippen LogP contribution >= 0.6 is 11.3 Å². The summed E-state index contributed by atoms with van der Waals surface area (Å²) in [5, 5.41) is 10.7. The van der Waals surface area contributed by atoms with E-state index in [2.05, 4.69) is 9.88 Å². The van der Waals surface area contributed by atoms with Crippen molar-refractivity contribution in [1.29, 1.82) is 0 Å². The molecule has 0 aromatic carbocycles. The molecule has 2 heterocycles. The van der Waals surface area contributed by atoms with Crippen LogP contribution in [-0.2, 0) is 11.3 Å². The van der Waals surface area contributed by atoms with Crippen LogP contribution in [0.15, 0.2) is 5.38 Å². The topological polar surface area (TPSA) is 96.5 Å². The molecule has 0 saturated carbocycles. The van der Waals surface area contributed by atoms with Gasteiger partial charge < -0.3 is 10.8 Å². The van der Waals surface area contributed by atoms with E-state index in [9.17, 15) is 9.59 Å². The van der Waals surface area contributed by atoms with Gasteiger partial charge in [0.15, 0.2) is 0 Å². The molecular formula is C11H15N3O3S. The number of nitrogens with zero attached hydrogens (tertiary/aromatic N) is 2. The largest absolute Gasteiger partial charge is 0.476 e. The summed E-state index contributed by atoms with van der Waals surface area (Å²) < 4.78 is 0. The van der Waals surface area contributed by atoms with E-state index in [1.807, 2.05) is 0 Å². The number of likely N-dealkylation sites (tertiary alicyclic amines) is 1. The monoisotopic (exact) mass is 269 g/mol. The lowest BCUT2D eigenvalue weighted by Crippen LogP contribution is -2.38. The summed E-state index contributed by atoms with van der Waals surface area (Å²) in [5.41, 5.74) is 6.04. The lowest BCUT2D eigenvalue weighted by atomic mass is 9.96. The number of hydrogen-bond acceptors (Lipinski definition) is 5. The molecular weight excluding hydrogens is 254 g/mol. The molecule has 1 aromatic heterocycles. The predicted octanol–water partition coefficient (Wildman–Crippen LogP) is 0.539. The van der Waals surface area contributed by atoms with Crippen LogP contribution in [0.2, 0.25) is 0 Å². The third-order valence-corrected chi connectivity index (χ3v) is 3.99. The van der Waals surface area contributed by atoms with E-state index in [1.165, 1.54) is 0 Å². The fourth-order valence-electron chi connectivity index (χ4n) is 2.08. The van der Waals surface area contributed by atoms with E-state index >= 15 is 0 Å². The minimum absolute atomic E-state index is 0.0220. The number of amides is 1. The number of carbonyl (C=O) groups excluding carboxylic acids is 1. The van der Waals surface area contributed by atoms with Crippen molar-refractivity contribution in [1.82, 2.24) is 9.88 Å². The van der Waals surface area contributed by atoms with Gasteiger partial charge in [0.2, 0.25) is 10.9 Å². The third-order valence-electron chi connectivity index (χ3n) is 3.11. The molecule has 2 rings (SSSR count). The van der Waals surface area contributed by atoms with Crippen molar-refractivity contribution in [2.45, 2.75) is 19.4 Å². The molecule has 7 heteroatoms. The summed E-state index contributed by atoms with van der Waals surface area (Å²) in [6, 6.07) is 0. The highest BCUT2D eigenvalue weighted by atomic mass is 32.1. The predicted molar refractivity (Wildman–Crippen MR) is 66.3 cm³/mol. The van der Waals surface area contributed by atoms with Crippen LogP contribution in [0.1, 0.15) is 28.3 Å². The molecule has 0 spiro atoms.